The lowest BCUT2D eigenvalue weighted by molar-refractivity contribution is -0.123. The van der Waals surface area contributed by atoms with Crippen LogP contribution in [0.25, 0.3) is 0 Å². The van der Waals surface area contributed by atoms with Crippen molar-refractivity contribution in [1.82, 2.24) is 10.7 Å². The first-order chi connectivity index (χ1) is 11.3. The summed E-state index contributed by atoms with van der Waals surface area (Å²) in [5, 5.41) is 6.75. The van der Waals surface area contributed by atoms with Gasteiger partial charge in [-0.2, -0.15) is 5.10 Å². The molecule has 0 aliphatic heterocycles. The number of ether oxygens (including phenoxy) is 1. The molecule has 0 saturated carbocycles. The summed E-state index contributed by atoms with van der Waals surface area (Å²) in [6.45, 7) is 7.44. The van der Waals surface area contributed by atoms with Gasteiger partial charge in [-0.3, -0.25) is 9.59 Å². The maximum absolute atomic E-state index is 11.7. The number of amides is 2. The molecule has 24 heavy (non-hydrogen) atoms. The highest BCUT2D eigenvalue weighted by Gasteiger charge is 2.08. The van der Waals surface area contributed by atoms with Gasteiger partial charge in [-0.05, 0) is 60.8 Å². The molecule has 0 spiro atoms. The van der Waals surface area contributed by atoms with Crippen LogP contribution in [-0.4, -0.2) is 30.2 Å². The molecule has 7 heteroatoms. The summed E-state index contributed by atoms with van der Waals surface area (Å²) >= 11 is 3.38. The third-order valence-electron chi connectivity index (χ3n) is 3.25. The maximum atomic E-state index is 11.7. The van der Waals surface area contributed by atoms with E-state index in [0.29, 0.717) is 11.5 Å². The van der Waals surface area contributed by atoms with Gasteiger partial charge in [-0.15, -0.1) is 0 Å². The molecule has 0 bridgehead atoms. The van der Waals surface area contributed by atoms with Gasteiger partial charge in [-0.1, -0.05) is 13.0 Å². The molecule has 132 valence electrons. The van der Waals surface area contributed by atoms with Crippen molar-refractivity contribution in [2.75, 3.05) is 6.61 Å². The van der Waals surface area contributed by atoms with Crippen LogP contribution in [0, 0.1) is 6.92 Å². The van der Waals surface area contributed by atoms with Gasteiger partial charge in [0.15, 0.2) is 6.61 Å². The summed E-state index contributed by atoms with van der Waals surface area (Å²) in [6.07, 6.45) is 1.01. The number of rotatable bonds is 8. The van der Waals surface area contributed by atoms with Crippen molar-refractivity contribution in [2.24, 2.45) is 5.10 Å². The summed E-state index contributed by atoms with van der Waals surface area (Å²) in [4.78, 5) is 23.5. The van der Waals surface area contributed by atoms with Crippen LogP contribution in [0.5, 0.6) is 5.75 Å². The molecule has 0 fully saturated rings. The van der Waals surface area contributed by atoms with Gasteiger partial charge in [0, 0.05) is 11.8 Å². The highest BCUT2D eigenvalue weighted by Crippen LogP contribution is 2.25. The fourth-order valence-corrected chi connectivity index (χ4v) is 2.36. The van der Waals surface area contributed by atoms with E-state index in [-0.39, 0.29) is 30.9 Å². The highest BCUT2D eigenvalue weighted by atomic mass is 79.9. The Morgan fingerprint density at radius 1 is 1.33 bits per heavy atom. The molecule has 6 nitrogen and oxygen atoms in total. The number of halogens is 1. The van der Waals surface area contributed by atoms with Crippen molar-refractivity contribution >= 4 is 33.5 Å². The molecule has 0 saturated heterocycles. The summed E-state index contributed by atoms with van der Waals surface area (Å²) < 4.78 is 6.22. The molecule has 1 rings (SSSR count). The second-order valence-electron chi connectivity index (χ2n) is 5.66. The summed E-state index contributed by atoms with van der Waals surface area (Å²) in [5.74, 6) is 0.0910. The zero-order valence-corrected chi connectivity index (χ0v) is 16.1. The third-order valence-corrected chi connectivity index (χ3v) is 3.87. The topological polar surface area (TPSA) is 79.8 Å². The molecule has 0 heterocycles. The minimum Gasteiger partial charge on any atom is -0.483 e. The van der Waals surface area contributed by atoms with Crippen molar-refractivity contribution in [3.63, 3.8) is 0 Å². The number of carbonyl (C=O) groups is 2. The second-order valence-corrected chi connectivity index (χ2v) is 6.51. The van der Waals surface area contributed by atoms with Crippen molar-refractivity contribution in [1.29, 1.82) is 0 Å². The Morgan fingerprint density at radius 3 is 2.67 bits per heavy atom. The van der Waals surface area contributed by atoms with Crippen molar-refractivity contribution in [2.45, 2.75) is 46.6 Å². The van der Waals surface area contributed by atoms with Crippen LogP contribution in [0.1, 0.15) is 39.2 Å². The minimum absolute atomic E-state index is 0.111. The molecular formula is C17H24BrN3O3. The van der Waals surface area contributed by atoms with Crippen molar-refractivity contribution < 1.29 is 14.3 Å². The summed E-state index contributed by atoms with van der Waals surface area (Å²) in [5.41, 5.74) is 4.01. The standard InChI is InChI=1S/C17H24BrN3O3/c1-5-12(3)19-16(22)9-13(4)20-21-17(23)10-24-15-7-6-11(2)8-14(15)18/h6-8,12H,5,9-10H2,1-4H3,(H,19,22)(H,21,23)/b20-13+. The third kappa shape index (κ3) is 7.59. The monoisotopic (exact) mass is 397 g/mol. The fourth-order valence-electron chi connectivity index (χ4n) is 1.76. The largest absolute Gasteiger partial charge is 0.483 e. The zero-order valence-electron chi connectivity index (χ0n) is 14.5. The number of aryl methyl sites for hydroxylation is 1. The predicted octanol–water partition coefficient (Wildman–Crippen LogP) is 2.93. The van der Waals surface area contributed by atoms with Crippen LogP contribution < -0.4 is 15.5 Å². The van der Waals surface area contributed by atoms with Crippen LogP contribution in [0.15, 0.2) is 27.8 Å². The Hall–Kier alpha value is -1.89. The Balaban J connectivity index is 2.40. The number of hydrogen-bond donors (Lipinski definition) is 2. The summed E-state index contributed by atoms with van der Waals surface area (Å²) in [7, 11) is 0. The highest BCUT2D eigenvalue weighted by molar-refractivity contribution is 9.10. The van der Waals surface area contributed by atoms with Crippen LogP contribution in [0.4, 0.5) is 0 Å². The average Bonchev–Trinajstić information content (AvgIpc) is 2.51. The molecule has 2 N–H and O–H groups in total. The van der Waals surface area contributed by atoms with Gasteiger partial charge in [-0.25, -0.2) is 5.43 Å². The van der Waals surface area contributed by atoms with Gasteiger partial charge in [0.2, 0.25) is 5.91 Å². The van der Waals surface area contributed by atoms with E-state index in [2.05, 4.69) is 31.8 Å². The second kappa shape index (κ2) is 10.1. The molecule has 0 aliphatic carbocycles. The zero-order chi connectivity index (χ0) is 18.1. The molecule has 0 radical (unpaired) electrons. The van der Waals surface area contributed by atoms with Gasteiger partial charge in [0.1, 0.15) is 5.75 Å². The van der Waals surface area contributed by atoms with E-state index < -0.39 is 0 Å². The number of hydrogen-bond acceptors (Lipinski definition) is 4. The van der Waals surface area contributed by atoms with Gasteiger partial charge in [0.25, 0.3) is 5.91 Å². The Bertz CT molecular complexity index is 617. The van der Waals surface area contributed by atoms with Crippen LogP contribution in [-0.2, 0) is 9.59 Å². The Labute approximate surface area is 151 Å². The van der Waals surface area contributed by atoms with E-state index in [1.807, 2.05) is 32.9 Å². The van der Waals surface area contributed by atoms with E-state index >= 15 is 0 Å². The first kappa shape index (κ1) is 20.2. The molecule has 0 aliphatic rings. The van der Waals surface area contributed by atoms with Gasteiger partial charge in [0.05, 0.1) is 10.9 Å². The van der Waals surface area contributed by atoms with Crippen molar-refractivity contribution in [3.8, 4) is 5.75 Å². The van der Waals surface area contributed by atoms with Crippen LogP contribution in [0.2, 0.25) is 0 Å². The number of carbonyl (C=O) groups excluding carboxylic acids is 2. The van der Waals surface area contributed by atoms with Crippen molar-refractivity contribution in [3.05, 3.63) is 28.2 Å². The summed E-state index contributed by atoms with van der Waals surface area (Å²) in [6, 6.07) is 5.73. The quantitative estimate of drug-likeness (QED) is 0.522. The van der Waals surface area contributed by atoms with Crippen LogP contribution in [0.3, 0.4) is 0 Å². The van der Waals surface area contributed by atoms with Crippen LogP contribution >= 0.6 is 15.9 Å². The average molecular weight is 398 g/mol. The Morgan fingerprint density at radius 2 is 2.04 bits per heavy atom. The SMILES string of the molecule is CCC(C)NC(=O)C/C(C)=N/NC(=O)COc1ccc(C)cc1Br. The fraction of sp³-hybridized carbons (Fsp3) is 0.471. The molecule has 0 aromatic heterocycles. The molecule has 1 aromatic carbocycles. The number of nitrogens with zero attached hydrogens (tertiary/aromatic N) is 1. The van der Waals surface area contributed by atoms with E-state index in [4.69, 9.17) is 4.74 Å². The Kier molecular flexibility index (Phi) is 8.46. The maximum Gasteiger partial charge on any atom is 0.277 e. The molecule has 1 unspecified atom stereocenters. The van der Waals surface area contributed by atoms with E-state index in [9.17, 15) is 9.59 Å². The van der Waals surface area contributed by atoms with E-state index in [1.54, 1.807) is 13.0 Å². The first-order valence-electron chi connectivity index (χ1n) is 7.82. The van der Waals surface area contributed by atoms with Gasteiger partial charge >= 0.3 is 0 Å². The normalized spacial score (nSPS) is 12.5. The lowest BCUT2D eigenvalue weighted by atomic mass is 10.2. The smallest absolute Gasteiger partial charge is 0.277 e. The molecular weight excluding hydrogens is 374 g/mol. The lowest BCUT2D eigenvalue weighted by Gasteiger charge is -2.11. The number of nitrogens with one attached hydrogen (secondary N) is 2. The van der Waals surface area contributed by atoms with E-state index in [1.165, 1.54) is 0 Å². The predicted molar refractivity (Wildman–Crippen MR) is 98.1 cm³/mol. The first-order valence-corrected chi connectivity index (χ1v) is 8.61. The number of benzene rings is 1. The molecule has 1 aromatic rings. The minimum atomic E-state index is -0.385. The molecule has 2 amide bonds. The molecule has 1 atom stereocenters. The number of hydrazone groups is 1. The lowest BCUT2D eigenvalue weighted by Crippen LogP contribution is -2.33. The van der Waals surface area contributed by atoms with E-state index in [0.717, 1.165) is 16.5 Å². The van der Waals surface area contributed by atoms with Gasteiger partial charge < -0.3 is 10.1 Å².